The van der Waals surface area contributed by atoms with Crippen LogP contribution in [0.15, 0.2) is 42.5 Å². The van der Waals surface area contributed by atoms with Crippen LogP contribution in [0, 0.1) is 13.8 Å². The van der Waals surface area contributed by atoms with E-state index in [0.717, 1.165) is 60.4 Å². The van der Waals surface area contributed by atoms with Crippen molar-refractivity contribution in [2.45, 2.75) is 64.1 Å². The number of esters is 1. The van der Waals surface area contributed by atoms with Crippen LogP contribution in [0.25, 0.3) is 0 Å². The van der Waals surface area contributed by atoms with Crippen LogP contribution in [-0.2, 0) is 20.9 Å². The van der Waals surface area contributed by atoms with Gasteiger partial charge in [-0.2, -0.15) is 0 Å². The molecule has 2 aromatic carbocycles. The molecule has 4 nitrogen and oxygen atoms in total. The molecule has 1 N–H and O–H groups in total. The molecule has 2 aliphatic rings. The molecule has 1 heterocycles. The van der Waals surface area contributed by atoms with Crippen molar-refractivity contribution in [3.8, 4) is 0 Å². The van der Waals surface area contributed by atoms with E-state index in [9.17, 15) is 9.59 Å². The van der Waals surface area contributed by atoms with Crippen LogP contribution >= 0.6 is 18.9 Å². The molecule has 1 aliphatic heterocycles. The van der Waals surface area contributed by atoms with E-state index in [-0.39, 0.29) is 17.0 Å². The summed E-state index contributed by atoms with van der Waals surface area (Å²) in [7, 11) is -2.23. The molecular formula is C27H35ClNO3P. The zero-order valence-corrected chi connectivity index (χ0v) is 21.5. The fourth-order valence-corrected chi connectivity index (χ4v) is 12.2. The normalized spacial score (nSPS) is 19.7. The fourth-order valence-electron chi connectivity index (χ4n) is 5.76. The standard InChI is InChI=1S/C27H35ClNO3P/c1-20-16-23(28)17-21(2)25(20)29-26(31)27(12-13-27)33(14-8-3-4-9-15-33)19-24(30)32-18-22-10-6-5-7-11-22/h5-7,10-11,16-17,33H,3-4,8-9,12-15,18-19H2,1-2H3,(H,29,31). The molecule has 6 heteroatoms. The monoisotopic (exact) mass is 487 g/mol. The van der Waals surface area contributed by atoms with E-state index >= 15 is 0 Å². The first kappa shape index (κ1) is 24.2. The van der Waals surface area contributed by atoms with Crippen molar-refractivity contribution in [1.82, 2.24) is 0 Å². The molecule has 4 rings (SSSR count). The number of benzene rings is 2. The first-order valence-electron chi connectivity index (χ1n) is 12.1. The third kappa shape index (κ3) is 5.28. The topological polar surface area (TPSA) is 55.4 Å². The number of aryl methyl sites for hydroxylation is 2. The van der Waals surface area contributed by atoms with Gasteiger partial charge in [-0.1, -0.05) is 0 Å². The number of carbonyl (C=O) groups is 2. The molecule has 0 spiro atoms. The molecule has 0 bridgehead atoms. The Morgan fingerprint density at radius 3 is 2.18 bits per heavy atom. The van der Waals surface area contributed by atoms with Crippen LogP contribution in [0.4, 0.5) is 5.69 Å². The molecular weight excluding hydrogens is 453 g/mol. The van der Waals surface area contributed by atoms with Crippen LogP contribution in [-0.4, -0.2) is 35.5 Å². The van der Waals surface area contributed by atoms with Crippen LogP contribution < -0.4 is 5.32 Å². The van der Waals surface area contributed by atoms with Gasteiger partial charge in [0.2, 0.25) is 0 Å². The number of carbonyl (C=O) groups excluding carboxylic acids is 2. The van der Waals surface area contributed by atoms with Crippen molar-refractivity contribution in [3.05, 3.63) is 64.2 Å². The molecule has 178 valence electrons. The molecule has 2 aromatic rings. The van der Waals surface area contributed by atoms with E-state index in [1.165, 1.54) is 12.8 Å². The van der Waals surface area contributed by atoms with Gasteiger partial charge in [-0.25, -0.2) is 0 Å². The summed E-state index contributed by atoms with van der Waals surface area (Å²) in [5.74, 6) is -0.0224. The van der Waals surface area contributed by atoms with Gasteiger partial charge in [0.1, 0.15) is 0 Å². The summed E-state index contributed by atoms with van der Waals surface area (Å²) in [6.07, 6.45) is 8.94. The number of amides is 1. The Kier molecular flexibility index (Phi) is 7.46. The summed E-state index contributed by atoms with van der Waals surface area (Å²) < 4.78 is 5.72. The number of halogens is 1. The Balaban J connectivity index is 1.54. The summed E-state index contributed by atoms with van der Waals surface area (Å²) in [5, 5.41) is 3.59. The molecule has 0 aromatic heterocycles. The summed E-state index contributed by atoms with van der Waals surface area (Å²) in [4.78, 5) is 26.9. The average molecular weight is 488 g/mol. The zero-order chi connectivity index (χ0) is 23.5. The number of nitrogens with one attached hydrogen (secondary N) is 1. The predicted molar refractivity (Wildman–Crippen MR) is 139 cm³/mol. The Morgan fingerprint density at radius 1 is 1.00 bits per heavy atom. The second-order valence-corrected chi connectivity index (χ2v) is 15.3. The molecule has 0 radical (unpaired) electrons. The maximum absolute atomic E-state index is 13.8. The van der Waals surface area contributed by atoms with Crippen molar-refractivity contribution in [2.75, 3.05) is 23.8 Å². The summed E-state index contributed by atoms with van der Waals surface area (Å²) in [5.41, 5.74) is 3.81. The molecule has 2 fully saturated rings. The molecule has 33 heavy (non-hydrogen) atoms. The van der Waals surface area contributed by atoms with E-state index in [2.05, 4.69) is 5.32 Å². The Morgan fingerprint density at radius 2 is 1.61 bits per heavy atom. The Bertz CT molecular complexity index is 988. The zero-order valence-electron chi connectivity index (χ0n) is 19.7. The van der Waals surface area contributed by atoms with Crippen LogP contribution in [0.5, 0.6) is 0 Å². The van der Waals surface area contributed by atoms with Gasteiger partial charge in [0, 0.05) is 0 Å². The quantitative estimate of drug-likeness (QED) is 0.358. The molecule has 0 atom stereocenters. The van der Waals surface area contributed by atoms with E-state index < -0.39 is 7.26 Å². The third-order valence-electron chi connectivity index (χ3n) is 7.72. The minimum atomic E-state index is -2.23. The second kappa shape index (κ2) is 10.2. The number of anilines is 1. The second-order valence-electron chi connectivity index (χ2n) is 9.97. The summed E-state index contributed by atoms with van der Waals surface area (Å²) >= 11 is 6.20. The van der Waals surface area contributed by atoms with Gasteiger partial charge >= 0.3 is 203 Å². The average Bonchev–Trinajstić information content (AvgIpc) is 3.61. The van der Waals surface area contributed by atoms with Crippen molar-refractivity contribution in [1.29, 1.82) is 0 Å². The summed E-state index contributed by atoms with van der Waals surface area (Å²) in [6, 6.07) is 13.6. The van der Waals surface area contributed by atoms with Crippen molar-refractivity contribution in [3.63, 3.8) is 0 Å². The van der Waals surface area contributed by atoms with Crippen molar-refractivity contribution in [2.24, 2.45) is 0 Å². The summed E-state index contributed by atoms with van der Waals surface area (Å²) in [6.45, 7) is 4.26. The molecule has 1 saturated heterocycles. The van der Waals surface area contributed by atoms with Gasteiger partial charge in [0.15, 0.2) is 0 Å². The van der Waals surface area contributed by atoms with Gasteiger partial charge in [-0.3, -0.25) is 0 Å². The predicted octanol–water partition coefficient (Wildman–Crippen LogP) is 6.50. The van der Waals surface area contributed by atoms with E-state index in [1.54, 1.807) is 0 Å². The van der Waals surface area contributed by atoms with Crippen molar-refractivity contribution < 1.29 is 14.3 Å². The van der Waals surface area contributed by atoms with Gasteiger partial charge in [0.05, 0.1) is 0 Å². The van der Waals surface area contributed by atoms with Gasteiger partial charge < -0.3 is 0 Å². The fraction of sp³-hybridized carbons (Fsp3) is 0.481. The van der Waals surface area contributed by atoms with Gasteiger partial charge in [-0.05, 0) is 0 Å². The van der Waals surface area contributed by atoms with E-state index in [1.807, 2.05) is 56.3 Å². The van der Waals surface area contributed by atoms with Crippen LogP contribution in [0.2, 0.25) is 5.02 Å². The maximum atomic E-state index is 13.8. The number of hydrogen-bond donors (Lipinski definition) is 1. The number of rotatable bonds is 7. The molecule has 1 saturated carbocycles. The minimum absolute atomic E-state index is 0.112. The van der Waals surface area contributed by atoms with E-state index in [0.29, 0.717) is 17.8 Å². The number of ether oxygens (including phenoxy) is 1. The molecule has 1 amide bonds. The first-order valence-corrected chi connectivity index (χ1v) is 15.1. The van der Waals surface area contributed by atoms with Crippen LogP contribution in [0.1, 0.15) is 55.2 Å². The number of hydrogen-bond acceptors (Lipinski definition) is 3. The van der Waals surface area contributed by atoms with Gasteiger partial charge in [0.25, 0.3) is 0 Å². The van der Waals surface area contributed by atoms with Gasteiger partial charge in [-0.15, -0.1) is 0 Å². The van der Waals surface area contributed by atoms with Crippen LogP contribution in [0.3, 0.4) is 0 Å². The van der Waals surface area contributed by atoms with Crippen molar-refractivity contribution >= 4 is 36.4 Å². The first-order chi connectivity index (χ1) is 15.9. The molecule has 1 aliphatic carbocycles. The SMILES string of the molecule is Cc1cc(Cl)cc(C)c1NC(=O)C1([PH]2(CC(=O)OCc3ccccc3)CCCCCC2)CC1. The Hall–Kier alpha value is -1.90. The molecule has 0 unspecified atom stereocenters. The third-order valence-corrected chi connectivity index (χ3v) is 14.3. The van der Waals surface area contributed by atoms with E-state index in [4.69, 9.17) is 16.3 Å². The Labute approximate surface area is 202 Å².